The molecular weight excluding hydrogens is 399 g/mol. The Labute approximate surface area is 173 Å². The Morgan fingerprint density at radius 2 is 1.93 bits per heavy atom. The maximum absolute atomic E-state index is 12.7. The molecule has 4 nitrogen and oxygen atoms in total. The number of alkyl halides is 3. The Balaban J connectivity index is 1.49. The Bertz CT molecular complexity index is 796. The zero-order valence-corrected chi connectivity index (χ0v) is 17.3. The quantitative estimate of drug-likeness (QED) is 0.696. The molecule has 1 saturated heterocycles. The van der Waals surface area contributed by atoms with Crippen LogP contribution in [-0.4, -0.2) is 41.5 Å². The summed E-state index contributed by atoms with van der Waals surface area (Å²) in [6.07, 6.45) is 0.164. The fourth-order valence-corrected chi connectivity index (χ4v) is 4.27. The molecule has 29 heavy (non-hydrogen) atoms. The minimum absolute atomic E-state index is 0.0544. The van der Waals surface area contributed by atoms with E-state index < -0.39 is 11.7 Å². The maximum Gasteiger partial charge on any atom is 0.416 e. The first kappa shape index (κ1) is 21.8. The second kappa shape index (κ2) is 9.71. The lowest BCUT2D eigenvalue weighted by molar-refractivity contribution is -0.137. The molecule has 0 unspecified atom stereocenters. The van der Waals surface area contributed by atoms with Crippen molar-refractivity contribution in [3.05, 3.63) is 40.9 Å². The number of hydrogen-bond donors (Lipinski definition) is 1. The fraction of sp³-hybridized carbons (Fsp3) is 0.524. The number of piperidine rings is 1. The zero-order valence-electron chi connectivity index (χ0n) is 16.5. The molecule has 3 rings (SSSR count). The number of hydrogen-bond acceptors (Lipinski definition) is 4. The summed E-state index contributed by atoms with van der Waals surface area (Å²) in [4.78, 5) is 19.2. The molecule has 1 aromatic carbocycles. The van der Waals surface area contributed by atoms with Crippen LogP contribution in [0.3, 0.4) is 0 Å². The van der Waals surface area contributed by atoms with Crippen LogP contribution in [0.25, 0.3) is 10.6 Å². The van der Waals surface area contributed by atoms with Gasteiger partial charge in [-0.15, -0.1) is 11.3 Å². The molecule has 1 amide bonds. The molecule has 1 aliphatic rings. The number of rotatable bonds is 7. The third-order valence-corrected chi connectivity index (χ3v) is 6.07. The van der Waals surface area contributed by atoms with Crippen molar-refractivity contribution in [3.8, 4) is 10.6 Å². The summed E-state index contributed by atoms with van der Waals surface area (Å²) in [5.74, 6) is -0.0544. The molecule has 0 spiro atoms. The molecule has 0 bridgehead atoms. The number of likely N-dealkylation sites (tertiary alicyclic amines) is 1. The summed E-state index contributed by atoms with van der Waals surface area (Å²) in [7, 11) is 0. The number of nitrogens with zero attached hydrogens (tertiary/aromatic N) is 2. The average Bonchev–Trinajstić information content (AvgIpc) is 3.15. The number of amides is 1. The van der Waals surface area contributed by atoms with Gasteiger partial charge in [-0.25, -0.2) is 4.98 Å². The van der Waals surface area contributed by atoms with Crippen LogP contribution in [0.5, 0.6) is 0 Å². The Morgan fingerprint density at radius 1 is 1.24 bits per heavy atom. The van der Waals surface area contributed by atoms with E-state index in [1.54, 1.807) is 5.38 Å². The Hall–Kier alpha value is -1.93. The Morgan fingerprint density at radius 3 is 2.55 bits per heavy atom. The lowest BCUT2D eigenvalue weighted by atomic mass is 10.0. The van der Waals surface area contributed by atoms with Gasteiger partial charge in [0, 0.05) is 30.1 Å². The van der Waals surface area contributed by atoms with E-state index in [1.807, 2.05) is 0 Å². The number of benzene rings is 1. The lowest BCUT2D eigenvalue weighted by Gasteiger charge is -2.32. The van der Waals surface area contributed by atoms with Crippen LogP contribution in [0.2, 0.25) is 0 Å². The number of halogens is 3. The van der Waals surface area contributed by atoms with E-state index in [2.05, 4.69) is 22.1 Å². The van der Waals surface area contributed by atoms with Crippen LogP contribution >= 0.6 is 11.3 Å². The van der Waals surface area contributed by atoms with Crippen molar-refractivity contribution in [2.24, 2.45) is 0 Å². The van der Waals surface area contributed by atoms with E-state index in [-0.39, 0.29) is 18.4 Å². The summed E-state index contributed by atoms with van der Waals surface area (Å²) in [6.45, 7) is 5.34. The van der Waals surface area contributed by atoms with Gasteiger partial charge in [0.1, 0.15) is 5.01 Å². The van der Waals surface area contributed by atoms with Crippen molar-refractivity contribution in [2.45, 2.75) is 51.2 Å². The van der Waals surface area contributed by atoms with Gasteiger partial charge in [-0.1, -0.05) is 25.5 Å². The van der Waals surface area contributed by atoms with Crippen LogP contribution in [0.1, 0.15) is 43.9 Å². The second-order valence-electron chi connectivity index (χ2n) is 7.43. The van der Waals surface area contributed by atoms with Crippen LogP contribution < -0.4 is 5.32 Å². The van der Waals surface area contributed by atoms with Crippen molar-refractivity contribution in [3.63, 3.8) is 0 Å². The lowest BCUT2D eigenvalue weighted by Crippen LogP contribution is -2.45. The summed E-state index contributed by atoms with van der Waals surface area (Å²) in [5.41, 5.74) is 0.579. The molecular formula is C21H26F3N3OS. The van der Waals surface area contributed by atoms with Crippen molar-refractivity contribution >= 4 is 17.2 Å². The molecule has 0 atom stereocenters. The first-order valence-corrected chi connectivity index (χ1v) is 10.9. The van der Waals surface area contributed by atoms with Gasteiger partial charge in [-0.2, -0.15) is 13.2 Å². The first-order chi connectivity index (χ1) is 13.8. The molecule has 8 heteroatoms. The number of carbonyl (C=O) groups is 1. The van der Waals surface area contributed by atoms with Crippen LogP contribution in [0, 0.1) is 0 Å². The van der Waals surface area contributed by atoms with Gasteiger partial charge in [0.05, 0.1) is 17.7 Å². The minimum Gasteiger partial charge on any atom is -0.353 e. The minimum atomic E-state index is -4.35. The number of carbonyl (C=O) groups excluding carboxylic acids is 1. The van der Waals surface area contributed by atoms with Crippen molar-refractivity contribution in [1.82, 2.24) is 15.2 Å². The number of thiazole rings is 1. The highest BCUT2D eigenvalue weighted by atomic mass is 32.1. The molecule has 1 fully saturated rings. The summed E-state index contributed by atoms with van der Waals surface area (Å²) >= 11 is 1.33. The smallest absolute Gasteiger partial charge is 0.353 e. The molecule has 0 saturated carbocycles. The molecule has 1 aromatic heterocycles. The standard InChI is InChI=1S/C21H26F3N3OS/c1-2-3-10-27-11-8-17(9-12-27)25-19(28)13-18-14-29-20(26-18)15-4-6-16(7-5-15)21(22,23)24/h4-7,14,17H,2-3,8-13H2,1H3,(H,25,28). The highest BCUT2D eigenvalue weighted by Crippen LogP contribution is 2.31. The van der Waals surface area contributed by atoms with E-state index >= 15 is 0 Å². The fourth-order valence-electron chi connectivity index (χ4n) is 3.45. The Kier molecular flexibility index (Phi) is 7.29. The van der Waals surface area contributed by atoms with Gasteiger partial charge < -0.3 is 10.2 Å². The van der Waals surface area contributed by atoms with Gasteiger partial charge in [0.2, 0.25) is 5.91 Å². The van der Waals surface area contributed by atoms with Crippen LogP contribution in [0.4, 0.5) is 13.2 Å². The first-order valence-electron chi connectivity index (χ1n) is 9.99. The van der Waals surface area contributed by atoms with Gasteiger partial charge >= 0.3 is 6.18 Å². The van der Waals surface area contributed by atoms with Crippen molar-refractivity contribution in [1.29, 1.82) is 0 Å². The van der Waals surface area contributed by atoms with Gasteiger partial charge in [0.15, 0.2) is 0 Å². The molecule has 2 aromatic rings. The van der Waals surface area contributed by atoms with E-state index in [1.165, 1.54) is 36.3 Å². The summed E-state index contributed by atoms with van der Waals surface area (Å²) < 4.78 is 38.0. The number of nitrogens with one attached hydrogen (secondary N) is 1. The van der Waals surface area contributed by atoms with E-state index in [4.69, 9.17) is 0 Å². The van der Waals surface area contributed by atoms with E-state index in [0.29, 0.717) is 16.3 Å². The molecule has 1 N–H and O–H groups in total. The largest absolute Gasteiger partial charge is 0.416 e. The van der Waals surface area contributed by atoms with Crippen molar-refractivity contribution in [2.75, 3.05) is 19.6 Å². The highest BCUT2D eigenvalue weighted by molar-refractivity contribution is 7.13. The zero-order chi connectivity index (χ0) is 20.9. The predicted molar refractivity (Wildman–Crippen MR) is 109 cm³/mol. The summed E-state index contributed by atoms with van der Waals surface area (Å²) in [6, 6.07) is 5.13. The summed E-state index contributed by atoms with van der Waals surface area (Å²) in [5, 5.41) is 5.50. The van der Waals surface area contributed by atoms with Crippen molar-refractivity contribution < 1.29 is 18.0 Å². The average molecular weight is 426 g/mol. The SMILES string of the molecule is CCCCN1CCC(NC(=O)Cc2csc(-c3ccc(C(F)(F)F)cc3)n2)CC1. The van der Waals surface area contributed by atoms with Gasteiger partial charge in [-0.05, 0) is 37.9 Å². The second-order valence-corrected chi connectivity index (χ2v) is 8.29. The molecule has 0 aliphatic carbocycles. The topological polar surface area (TPSA) is 45.2 Å². The highest BCUT2D eigenvalue weighted by Gasteiger charge is 2.30. The van der Waals surface area contributed by atoms with Gasteiger partial charge in [0.25, 0.3) is 0 Å². The molecule has 0 radical (unpaired) electrons. The van der Waals surface area contributed by atoms with Gasteiger partial charge in [-0.3, -0.25) is 4.79 Å². The maximum atomic E-state index is 12.7. The van der Waals surface area contributed by atoms with E-state index in [0.717, 1.165) is 44.6 Å². The van der Waals surface area contributed by atoms with Crippen LogP contribution in [0.15, 0.2) is 29.6 Å². The predicted octanol–water partition coefficient (Wildman–Crippen LogP) is 4.75. The third kappa shape index (κ3) is 6.27. The monoisotopic (exact) mass is 425 g/mol. The molecule has 2 heterocycles. The molecule has 1 aliphatic heterocycles. The third-order valence-electron chi connectivity index (χ3n) is 5.13. The number of aromatic nitrogens is 1. The van der Waals surface area contributed by atoms with E-state index in [9.17, 15) is 18.0 Å². The number of unbranched alkanes of at least 4 members (excludes halogenated alkanes) is 1. The van der Waals surface area contributed by atoms with Crippen LogP contribution in [-0.2, 0) is 17.4 Å². The molecule has 158 valence electrons. The normalized spacial score (nSPS) is 16.1.